The Labute approximate surface area is 112 Å². The van der Waals surface area contributed by atoms with Crippen LogP contribution in [0.2, 0.25) is 0 Å². The Bertz CT molecular complexity index is 581. The lowest BCUT2D eigenvalue weighted by Gasteiger charge is -2.20. The van der Waals surface area contributed by atoms with Gasteiger partial charge in [-0.05, 0) is 41.8 Å². The van der Waals surface area contributed by atoms with E-state index in [4.69, 9.17) is 4.74 Å². The average Bonchev–Trinajstić information content (AvgIpc) is 2.46. The Morgan fingerprint density at radius 1 is 1.11 bits per heavy atom. The fourth-order valence-electron chi connectivity index (χ4n) is 2.48. The van der Waals surface area contributed by atoms with Gasteiger partial charge in [0.25, 0.3) is 0 Å². The monoisotopic (exact) mass is 255 g/mol. The molecule has 0 bridgehead atoms. The van der Waals surface area contributed by atoms with Gasteiger partial charge in [-0.1, -0.05) is 30.3 Å². The predicted molar refractivity (Wildman–Crippen MR) is 74.3 cm³/mol. The van der Waals surface area contributed by atoms with Crippen LogP contribution in [0.25, 0.3) is 0 Å². The number of phenolic OH excluding ortho intramolecular Hbond substituents is 1. The van der Waals surface area contributed by atoms with Crippen LogP contribution in [0.5, 0.6) is 11.5 Å². The molecule has 0 aliphatic carbocycles. The Hall–Kier alpha value is -2.00. The van der Waals surface area contributed by atoms with Gasteiger partial charge in [0.1, 0.15) is 6.61 Å². The molecule has 0 radical (unpaired) electrons. The number of para-hydroxylation sites is 2. The molecule has 3 heteroatoms. The van der Waals surface area contributed by atoms with Gasteiger partial charge >= 0.3 is 0 Å². The number of rotatable bonds is 3. The van der Waals surface area contributed by atoms with E-state index < -0.39 is 0 Å². The molecule has 0 amide bonds. The van der Waals surface area contributed by atoms with Crippen molar-refractivity contribution in [3.05, 3.63) is 59.2 Å². The van der Waals surface area contributed by atoms with E-state index in [-0.39, 0.29) is 5.75 Å². The highest BCUT2D eigenvalue weighted by Gasteiger charge is 2.12. The van der Waals surface area contributed by atoms with Crippen molar-refractivity contribution in [3.8, 4) is 11.5 Å². The summed E-state index contributed by atoms with van der Waals surface area (Å²) in [5.74, 6) is 0.725. The van der Waals surface area contributed by atoms with Crippen molar-refractivity contribution in [1.29, 1.82) is 0 Å². The van der Waals surface area contributed by atoms with Gasteiger partial charge in [-0.15, -0.1) is 0 Å². The predicted octanol–water partition coefficient (Wildman–Crippen LogP) is 2.62. The molecule has 1 heterocycles. The molecule has 2 aromatic rings. The zero-order chi connectivity index (χ0) is 13.1. The van der Waals surface area contributed by atoms with Gasteiger partial charge in [-0.25, -0.2) is 0 Å². The summed E-state index contributed by atoms with van der Waals surface area (Å²) < 4.78 is 5.72. The fraction of sp³-hybridized carbons (Fsp3) is 0.250. The third kappa shape index (κ3) is 2.56. The molecular formula is C16H17NO2. The second kappa shape index (κ2) is 5.33. The van der Waals surface area contributed by atoms with Gasteiger partial charge in [-0.3, -0.25) is 0 Å². The fourth-order valence-corrected chi connectivity index (χ4v) is 2.48. The van der Waals surface area contributed by atoms with E-state index in [0.717, 1.165) is 19.5 Å². The number of hydrogen-bond donors (Lipinski definition) is 2. The molecule has 1 aliphatic rings. The standard InChI is InChI=1S/C16H17NO2/c18-15-6-1-2-7-16(15)19-11-13-5-3-4-12-10-17-9-8-14(12)13/h1-7,17-18H,8-11H2. The molecule has 98 valence electrons. The first kappa shape index (κ1) is 12.1. The van der Waals surface area contributed by atoms with Gasteiger partial charge in [0, 0.05) is 6.54 Å². The minimum atomic E-state index is 0.189. The lowest BCUT2D eigenvalue weighted by molar-refractivity contribution is 0.287. The third-order valence-electron chi connectivity index (χ3n) is 3.49. The first-order chi connectivity index (χ1) is 9.34. The lowest BCUT2D eigenvalue weighted by atomic mass is 9.96. The van der Waals surface area contributed by atoms with E-state index in [1.165, 1.54) is 16.7 Å². The topological polar surface area (TPSA) is 41.5 Å². The number of benzene rings is 2. The van der Waals surface area contributed by atoms with Crippen molar-refractivity contribution in [2.24, 2.45) is 0 Å². The quantitative estimate of drug-likeness (QED) is 0.886. The zero-order valence-corrected chi connectivity index (χ0v) is 10.7. The van der Waals surface area contributed by atoms with Crippen molar-refractivity contribution in [1.82, 2.24) is 5.32 Å². The maximum absolute atomic E-state index is 9.69. The van der Waals surface area contributed by atoms with E-state index in [2.05, 4.69) is 23.5 Å². The number of fused-ring (bicyclic) bond motifs is 1. The maximum Gasteiger partial charge on any atom is 0.161 e. The summed E-state index contributed by atoms with van der Waals surface area (Å²) in [7, 11) is 0. The van der Waals surface area contributed by atoms with Crippen molar-refractivity contribution < 1.29 is 9.84 Å². The van der Waals surface area contributed by atoms with Crippen LogP contribution >= 0.6 is 0 Å². The number of phenols is 1. The lowest BCUT2D eigenvalue weighted by Crippen LogP contribution is -2.24. The number of aromatic hydroxyl groups is 1. The van der Waals surface area contributed by atoms with Gasteiger partial charge < -0.3 is 15.2 Å². The summed E-state index contributed by atoms with van der Waals surface area (Å²) >= 11 is 0. The highest BCUT2D eigenvalue weighted by atomic mass is 16.5. The molecule has 2 N–H and O–H groups in total. The van der Waals surface area contributed by atoms with E-state index >= 15 is 0 Å². The second-order valence-electron chi connectivity index (χ2n) is 4.74. The second-order valence-corrected chi connectivity index (χ2v) is 4.74. The average molecular weight is 255 g/mol. The molecular weight excluding hydrogens is 238 g/mol. The molecule has 0 saturated carbocycles. The highest BCUT2D eigenvalue weighted by molar-refractivity contribution is 5.40. The van der Waals surface area contributed by atoms with Crippen molar-refractivity contribution in [2.75, 3.05) is 6.54 Å². The minimum absolute atomic E-state index is 0.189. The molecule has 19 heavy (non-hydrogen) atoms. The first-order valence-corrected chi connectivity index (χ1v) is 6.56. The first-order valence-electron chi connectivity index (χ1n) is 6.56. The van der Waals surface area contributed by atoms with E-state index in [1.54, 1.807) is 18.2 Å². The summed E-state index contributed by atoms with van der Waals surface area (Å²) in [6.45, 7) is 2.45. The molecule has 1 aliphatic heterocycles. The van der Waals surface area contributed by atoms with E-state index in [1.807, 2.05) is 6.07 Å². The summed E-state index contributed by atoms with van der Waals surface area (Å²) in [6.07, 6.45) is 1.04. The van der Waals surface area contributed by atoms with Crippen LogP contribution in [0.4, 0.5) is 0 Å². The van der Waals surface area contributed by atoms with Gasteiger partial charge in [0.15, 0.2) is 11.5 Å². The Morgan fingerprint density at radius 3 is 2.89 bits per heavy atom. The zero-order valence-electron chi connectivity index (χ0n) is 10.7. The normalized spacial score (nSPS) is 13.9. The van der Waals surface area contributed by atoms with Gasteiger partial charge in [0.05, 0.1) is 0 Å². The summed E-state index contributed by atoms with van der Waals surface area (Å²) in [5.41, 5.74) is 3.95. The van der Waals surface area contributed by atoms with Crippen molar-refractivity contribution >= 4 is 0 Å². The largest absolute Gasteiger partial charge is 0.504 e. The van der Waals surface area contributed by atoms with E-state index in [9.17, 15) is 5.11 Å². The number of nitrogens with one attached hydrogen (secondary N) is 1. The molecule has 0 saturated heterocycles. The molecule has 2 aromatic carbocycles. The van der Waals surface area contributed by atoms with Crippen molar-refractivity contribution in [2.45, 2.75) is 19.6 Å². The molecule has 3 nitrogen and oxygen atoms in total. The molecule has 0 spiro atoms. The summed E-state index contributed by atoms with van der Waals surface area (Å²) in [5, 5.41) is 13.1. The van der Waals surface area contributed by atoms with Crippen LogP contribution in [-0.4, -0.2) is 11.7 Å². The Morgan fingerprint density at radius 2 is 2.00 bits per heavy atom. The minimum Gasteiger partial charge on any atom is -0.504 e. The highest BCUT2D eigenvalue weighted by Crippen LogP contribution is 2.26. The molecule has 0 fully saturated rings. The Balaban J connectivity index is 1.79. The van der Waals surface area contributed by atoms with Crippen LogP contribution < -0.4 is 10.1 Å². The van der Waals surface area contributed by atoms with Gasteiger partial charge in [-0.2, -0.15) is 0 Å². The van der Waals surface area contributed by atoms with Gasteiger partial charge in [0.2, 0.25) is 0 Å². The molecule has 0 unspecified atom stereocenters. The maximum atomic E-state index is 9.69. The molecule has 0 aromatic heterocycles. The van der Waals surface area contributed by atoms with Crippen LogP contribution in [0.1, 0.15) is 16.7 Å². The summed E-state index contributed by atoms with van der Waals surface area (Å²) in [6, 6.07) is 13.4. The third-order valence-corrected chi connectivity index (χ3v) is 3.49. The summed E-state index contributed by atoms with van der Waals surface area (Å²) in [4.78, 5) is 0. The smallest absolute Gasteiger partial charge is 0.161 e. The van der Waals surface area contributed by atoms with Crippen molar-refractivity contribution in [3.63, 3.8) is 0 Å². The van der Waals surface area contributed by atoms with Crippen LogP contribution in [0, 0.1) is 0 Å². The molecule has 0 atom stereocenters. The number of hydrogen-bond acceptors (Lipinski definition) is 3. The van der Waals surface area contributed by atoms with Crippen LogP contribution in [0.3, 0.4) is 0 Å². The molecule has 3 rings (SSSR count). The Kier molecular flexibility index (Phi) is 3.38. The number of ether oxygens (including phenoxy) is 1. The SMILES string of the molecule is Oc1ccccc1OCc1cccc2c1CCNC2. The van der Waals surface area contributed by atoms with Crippen LogP contribution in [0.15, 0.2) is 42.5 Å². The van der Waals surface area contributed by atoms with E-state index in [0.29, 0.717) is 12.4 Å². The van der Waals surface area contributed by atoms with Crippen LogP contribution in [-0.2, 0) is 19.6 Å².